The van der Waals surface area contributed by atoms with Crippen LogP contribution in [0.4, 0.5) is 0 Å². The van der Waals surface area contributed by atoms with Gasteiger partial charge in [0, 0.05) is 29.7 Å². The van der Waals surface area contributed by atoms with E-state index in [1.54, 1.807) is 6.07 Å². The molecule has 0 radical (unpaired) electrons. The quantitative estimate of drug-likeness (QED) is 0.832. The maximum absolute atomic E-state index is 12.0. The zero-order chi connectivity index (χ0) is 14.0. The summed E-state index contributed by atoms with van der Waals surface area (Å²) in [6.45, 7) is 3.91. The van der Waals surface area contributed by atoms with Crippen molar-refractivity contribution in [2.24, 2.45) is 5.92 Å². The second kappa shape index (κ2) is 5.51. The van der Waals surface area contributed by atoms with Crippen LogP contribution in [0.1, 0.15) is 49.2 Å². The normalized spacial score (nSPS) is 16.0. The van der Waals surface area contributed by atoms with Crippen molar-refractivity contribution in [1.82, 2.24) is 4.57 Å². The molecule has 1 unspecified atom stereocenters. The minimum Gasteiger partial charge on any atom is -0.304 e. The van der Waals surface area contributed by atoms with Crippen LogP contribution in [0.3, 0.4) is 0 Å². The summed E-state index contributed by atoms with van der Waals surface area (Å²) in [6, 6.07) is 3.00. The standard InChI is InChI=1S/C15H19NO3/c1-3-10(2)14(18)9-16-12-5-4-6-13(17)11(12)7-8-15(16)19/h7-8,10H,3-6,9H2,1-2H3. The van der Waals surface area contributed by atoms with Crippen LogP contribution in [-0.4, -0.2) is 16.1 Å². The third-order valence-corrected chi connectivity index (χ3v) is 3.89. The fourth-order valence-electron chi connectivity index (χ4n) is 2.41. The first kappa shape index (κ1) is 13.7. The monoisotopic (exact) mass is 261 g/mol. The Labute approximate surface area is 112 Å². The first-order chi connectivity index (χ1) is 9.04. The fourth-order valence-corrected chi connectivity index (χ4v) is 2.41. The van der Waals surface area contributed by atoms with E-state index in [4.69, 9.17) is 0 Å². The van der Waals surface area contributed by atoms with Crippen molar-refractivity contribution in [2.45, 2.75) is 46.1 Å². The number of aromatic nitrogens is 1. The molecule has 0 spiro atoms. The summed E-state index contributed by atoms with van der Waals surface area (Å²) in [5, 5.41) is 0. The van der Waals surface area contributed by atoms with Gasteiger partial charge in [-0.2, -0.15) is 0 Å². The number of nitrogens with zero attached hydrogens (tertiary/aromatic N) is 1. The first-order valence-electron chi connectivity index (χ1n) is 6.83. The van der Waals surface area contributed by atoms with Crippen LogP contribution in [-0.2, 0) is 17.8 Å². The lowest BCUT2D eigenvalue weighted by Crippen LogP contribution is -2.32. The van der Waals surface area contributed by atoms with Crippen molar-refractivity contribution in [3.63, 3.8) is 0 Å². The molecular weight excluding hydrogens is 242 g/mol. The summed E-state index contributed by atoms with van der Waals surface area (Å²) in [7, 11) is 0. The van der Waals surface area contributed by atoms with E-state index in [0.29, 0.717) is 18.4 Å². The van der Waals surface area contributed by atoms with Crippen LogP contribution in [0.5, 0.6) is 0 Å². The van der Waals surface area contributed by atoms with Crippen molar-refractivity contribution in [1.29, 1.82) is 0 Å². The van der Waals surface area contributed by atoms with Crippen molar-refractivity contribution >= 4 is 11.6 Å². The molecule has 1 atom stereocenters. The lowest BCUT2D eigenvalue weighted by atomic mass is 9.94. The Morgan fingerprint density at radius 2 is 2.05 bits per heavy atom. The van der Waals surface area contributed by atoms with E-state index in [9.17, 15) is 14.4 Å². The van der Waals surface area contributed by atoms with E-state index >= 15 is 0 Å². The summed E-state index contributed by atoms with van der Waals surface area (Å²) in [4.78, 5) is 35.8. The SMILES string of the molecule is CCC(C)C(=O)Cn1c2c(ccc1=O)C(=O)CCC2. The van der Waals surface area contributed by atoms with Crippen LogP contribution in [0, 0.1) is 5.92 Å². The van der Waals surface area contributed by atoms with Gasteiger partial charge >= 0.3 is 0 Å². The van der Waals surface area contributed by atoms with Crippen molar-refractivity contribution in [3.8, 4) is 0 Å². The molecule has 2 rings (SSSR count). The third kappa shape index (κ3) is 2.67. The minimum atomic E-state index is -0.190. The largest absolute Gasteiger partial charge is 0.304 e. The molecule has 0 N–H and O–H groups in total. The Morgan fingerprint density at radius 1 is 1.32 bits per heavy atom. The van der Waals surface area contributed by atoms with E-state index in [2.05, 4.69) is 0 Å². The number of ketones is 2. The van der Waals surface area contributed by atoms with Crippen molar-refractivity contribution in [2.75, 3.05) is 0 Å². The zero-order valence-electron chi connectivity index (χ0n) is 11.4. The molecule has 0 amide bonds. The molecule has 1 aliphatic carbocycles. The molecule has 0 fully saturated rings. The van der Waals surface area contributed by atoms with Crippen LogP contribution in [0.2, 0.25) is 0 Å². The molecule has 0 saturated carbocycles. The summed E-state index contributed by atoms with van der Waals surface area (Å²) >= 11 is 0. The second-order valence-corrected chi connectivity index (χ2v) is 5.17. The highest BCUT2D eigenvalue weighted by molar-refractivity contribution is 5.98. The number of Topliss-reactive ketones (excluding diaryl/α,β-unsaturated/α-hetero) is 2. The minimum absolute atomic E-state index is 0.0519. The topological polar surface area (TPSA) is 56.1 Å². The maximum Gasteiger partial charge on any atom is 0.251 e. The molecule has 1 aromatic heterocycles. The lowest BCUT2D eigenvalue weighted by Gasteiger charge is -2.20. The van der Waals surface area contributed by atoms with Gasteiger partial charge in [-0.25, -0.2) is 0 Å². The van der Waals surface area contributed by atoms with Gasteiger partial charge in [0.1, 0.15) is 0 Å². The third-order valence-electron chi connectivity index (χ3n) is 3.89. The number of rotatable bonds is 4. The molecule has 0 aliphatic heterocycles. The molecule has 4 heteroatoms. The van der Waals surface area contributed by atoms with E-state index in [1.807, 2.05) is 13.8 Å². The summed E-state index contributed by atoms with van der Waals surface area (Å²) in [5.41, 5.74) is 1.16. The zero-order valence-corrected chi connectivity index (χ0v) is 11.4. The van der Waals surface area contributed by atoms with Gasteiger partial charge < -0.3 is 4.57 Å². The van der Waals surface area contributed by atoms with Gasteiger partial charge in [-0.15, -0.1) is 0 Å². The molecule has 19 heavy (non-hydrogen) atoms. The number of fused-ring (bicyclic) bond motifs is 1. The van der Waals surface area contributed by atoms with E-state index in [0.717, 1.165) is 18.5 Å². The Morgan fingerprint density at radius 3 is 2.74 bits per heavy atom. The Balaban J connectivity index is 2.40. The molecule has 1 heterocycles. The summed E-state index contributed by atoms with van der Waals surface area (Å²) in [6.07, 6.45) is 2.75. The smallest absolute Gasteiger partial charge is 0.251 e. The lowest BCUT2D eigenvalue weighted by molar-refractivity contribution is -0.123. The second-order valence-electron chi connectivity index (χ2n) is 5.17. The number of carbonyl (C=O) groups excluding carboxylic acids is 2. The highest BCUT2D eigenvalue weighted by Crippen LogP contribution is 2.20. The molecule has 0 aromatic carbocycles. The van der Waals surface area contributed by atoms with Gasteiger partial charge in [0.05, 0.1) is 6.54 Å². The number of hydrogen-bond donors (Lipinski definition) is 0. The van der Waals surface area contributed by atoms with Gasteiger partial charge in [0.2, 0.25) is 0 Å². The summed E-state index contributed by atoms with van der Waals surface area (Å²) < 4.78 is 1.49. The van der Waals surface area contributed by atoms with E-state index in [1.165, 1.54) is 10.6 Å². The molecule has 0 bridgehead atoms. The van der Waals surface area contributed by atoms with Crippen LogP contribution < -0.4 is 5.56 Å². The predicted molar refractivity (Wildman–Crippen MR) is 72.4 cm³/mol. The first-order valence-corrected chi connectivity index (χ1v) is 6.83. The van der Waals surface area contributed by atoms with Gasteiger partial charge in [0.25, 0.3) is 5.56 Å². The van der Waals surface area contributed by atoms with Gasteiger partial charge in [-0.3, -0.25) is 14.4 Å². The Bertz CT molecular complexity index is 571. The molecule has 1 aliphatic rings. The van der Waals surface area contributed by atoms with Crippen LogP contribution in [0.15, 0.2) is 16.9 Å². The summed E-state index contributed by atoms with van der Waals surface area (Å²) in [5.74, 6) is 0.0732. The van der Waals surface area contributed by atoms with Crippen molar-refractivity contribution < 1.29 is 9.59 Å². The van der Waals surface area contributed by atoms with Crippen molar-refractivity contribution in [3.05, 3.63) is 33.7 Å². The number of hydrogen-bond acceptors (Lipinski definition) is 3. The maximum atomic E-state index is 12.0. The number of carbonyl (C=O) groups is 2. The average molecular weight is 261 g/mol. The number of pyridine rings is 1. The molecular formula is C15H19NO3. The van der Waals surface area contributed by atoms with Crippen LogP contribution >= 0.6 is 0 Å². The van der Waals surface area contributed by atoms with Crippen LogP contribution in [0.25, 0.3) is 0 Å². The van der Waals surface area contributed by atoms with Gasteiger partial charge in [0.15, 0.2) is 11.6 Å². The Kier molecular flexibility index (Phi) is 3.98. The molecule has 4 nitrogen and oxygen atoms in total. The van der Waals surface area contributed by atoms with Gasteiger partial charge in [-0.1, -0.05) is 13.8 Å². The predicted octanol–water partition coefficient (Wildman–Crippen LogP) is 1.98. The molecule has 1 aromatic rings. The molecule has 102 valence electrons. The Hall–Kier alpha value is -1.71. The highest BCUT2D eigenvalue weighted by Gasteiger charge is 2.22. The molecule has 0 saturated heterocycles. The van der Waals surface area contributed by atoms with Gasteiger partial charge in [-0.05, 0) is 25.3 Å². The van der Waals surface area contributed by atoms with E-state index in [-0.39, 0.29) is 29.6 Å². The highest BCUT2D eigenvalue weighted by atomic mass is 16.1. The van der Waals surface area contributed by atoms with E-state index < -0.39 is 0 Å². The average Bonchev–Trinajstić information content (AvgIpc) is 2.41. The fraction of sp³-hybridized carbons (Fsp3) is 0.533.